The van der Waals surface area contributed by atoms with E-state index in [0.717, 1.165) is 37.0 Å². The molecule has 6 nitrogen and oxygen atoms in total. The van der Waals surface area contributed by atoms with E-state index in [0.29, 0.717) is 17.5 Å². The maximum absolute atomic E-state index is 5.35. The summed E-state index contributed by atoms with van der Waals surface area (Å²) in [7, 11) is 3.27. The summed E-state index contributed by atoms with van der Waals surface area (Å²) in [5.74, 6) is 1.40. The molecule has 0 atom stereocenters. The van der Waals surface area contributed by atoms with Gasteiger partial charge in [0.1, 0.15) is 5.52 Å². The van der Waals surface area contributed by atoms with E-state index >= 15 is 0 Å². The highest BCUT2D eigenvalue weighted by Crippen LogP contribution is 2.33. The van der Waals surface area contributed by atoms with E-state index in [-0.39, 0.29) is 0 Å². The summed E-state index contributed by atoms with van der Waals surface area (Å²) >= 11 is 0. The summed E-state index contributed by atoms with van der Waals surface area (Å²) in [5, 5.41) is 11.9. The topological polar surface area (TPSA) is 61.2 Å². The normalized spacial score (nSPS) is 16.7. The number of hydrogen-bond acceptors (Lipinski definition) is 5. The molecule has 2 heterocycles. The van der Waals surface area contributed by atoms with E-state index in [4.69, 9.17) is 9.47 Å². The van der Waals surface area contributed by atoms with Crippen LogP contribution in [-0.2, 0) is 0 Å². The number of rotatable bonds is 3. The molecule has 2 aromatic rings. The van der Waals surface area contributed by atoms with Crippen molar-refractivity contribution in [1.29, 1.82) is 0 Å². The number of nitrogens with zero attached hydrogens (tertiary/aromatic N) is 3. The number of ether oxygens (including phenoxy) is 2. The average Bonchev–Trinajstić information content (AvgIpc) is 2.89. The van der Waals surface area contributed by atoms with Gasteiger partial charge >= 0.3 is 0 Å². The lowest BCUT2D eigenvalue weighted by Gasteiger charge is -2.23. The van der Waals surface area contributed by atoms with Gasteiger partial charge in [-0.2, -0.15) is 0 Å². The molecule has 19 heavy (non-hydrogen) atoms. The van der Waals surface area contributed by atoms with Gasteiger partial charge in [-0.1, -0.05) is 5.21 Å². The molecule has 1 aliphatic rings. The Hall–Kier alpha value is -1.82. The molecule has 3 rings (SSSR count). The van der Waals surface area contributed by atoms with Crippen molar-refractivity contribution in [2.45, 2.75) is 18.9 Å². The molecule has 1 aliphatic heterocycles. The van der Waals surface area contributed by atoms with Crippen LogP contribution in [0.3, 0.4) is 0 Å². The zero-order valence-electron chi connectivity index (χ0n) is 11.2. The first-order chi connectivity index (χ1) is 9.33. The molecule has 0 radical (unpaired) electrons. The van der Waals surface area contributed by atoms with Gasteiger partial charge in [-0.05, 0) is 25.9 Å². The van der Waals surface area contributed by atoms with Gasteiger partial charge in [0.15, 0.2) is 11.5 Å². The summed E-state index contributed by atoms with van der Waals surface area (Å²) in [4.78, 5) is 0. The zero-order valence-corrected chi connectivity index (χ0v) is 11.2. The third-order valence-corrected chi connectivity index (χ3v) is 3.63. The Balaban J connectivity index is 2.06. The number of methoxy groups -OCH3 is 2. The van der Waals surface area contributed by atoms with Gasteiger partial charge in [-0.15, -0.1) is 5.10 Å². The molecule has 0 unspecified atom stereocenters. The highest BCUT2D eigenvalue weighted by Gasteiger charge is 2.20. The first-order valence-electron chi connectivity index (χ1n) is 6.51. The van der Waals surface area contributed by atoms with Crippen LogP contribution in [0.4, 0.5) is 0 Å². The van der Waals surface area contributed by atoms with Gasteiger partial charge in [0, 0.05) is 12.1 Å². The maximum atomic E-state index is 5.35. The second kappa shape index (κ2) is 5.05. The highest BCUT2D eigenvalue weighted by molar-refractivity contribution is 5.79. The Labute approximate surface area is 111 Å². The number of nitrogens with one attached hydrogen (secondary N) is 1. The van der Waals surface area contributed by atoms with Crippen molar-refractivity contribution in [1.82, 2.24) is 20.3 Å². The molecule has 1 fully saturated rings. The fourth-order valence-electron chi connectivity index (χ4n) is 2.59. The minimum atomic E-state index is 0.407. The Morgan fingerprint density at radius 3 is 2.53 bits per heavy atom. The molecular weight excluding hydrogens is 244 g/mol. The second-order valence-electron chi connectivity index (χ2n) is 4.71. The predicted octanol–water partition coefficient (Wildman–Crippen LogP) is 1.37. The first kappa shape index (κ1) is 12.2. The van der Waals surface area contributed by atoms with Gasteiger partial charge in [0.05, 0.1) is 25.8 Å². The fourth-order valence-corrected chi connectivity index (χ4v) is 2.59. The molecule has 6 heteroatoms. The van der Waals surface area contributed by atoms with Crippen LogP contribution >= 0.6 is 0 Å². The molecule has 0 spiro atoms. The Morgan fingerprint density at radius 1 is 1.16 bits per heavy atom. The second-order valence-corrected chi connectivity index (χ2v) is 4.71. The Bertz CT molecular complexity index is 575. The Kier molecular flexibility index (Phi) is 3.25. The molecule has 1 aromatic carbocycles. The van der Waals surface area contributed by atoms with Gasteiger partial charge in [-0.3, -0.25) is 0 Å². The summed E-state index contributed by atoms with van der Waals surface area (Å²) < 4.78 is 12.6. The molecular formula is C13H18N4O2. The fraction of sp³-hybridized carbons (Fsp3) is 0.538. The summed E-state index contributed by atoms with van der Waals surface area (Å²) in [6, 6.07) is 4.24. The van der Waals surface area contributed by atoms with Crippen molar-refractivity contribution in [2.24, 2.45) is 0 Å². The lowest BCUT2D eigenvalue weighted by atomic mass is 10.1. The van der Waals surface area contributed by atoms with Gasteiger partial charge in [-0.25, -0.2) is 4.68 Å². The van der Waals surface area contributed by atoms with Crippen LogP contribution in [0, 0.1) is 0 Å². The molecule has 0 bridgehead atoms. The number of fused-ring (bicyclic) bond motifs is 1. The first-order valence-corrected chi connectivity index (χ1v) is 6.51. The SMILES string of the molecule is COc1cc2nnn(C3CCNCC3)c2cc1OC. The van der Waals surface area contributed by atoms with Crippen LogP contribution in [-0.4, -0.2) is 42.3 Å². The molecule has 1 aromatic heterocycles. The van der Waals surface area contributed by atoms with E-state index in [9.17, 15) is 0 Å². The molecule has 1 N–H and O–H groups in total. The van der Waals surface area contributed by atoms with Crippen molar-refractivity contribution in [3.8, 4) is 11.5 Å². The van der Waals surface area contributed by atoms with Crippen LogP contribution in [0.25, 0.3) is 11.0 Å². The van der Waals surface area contributed by atoms with Crippen molar-refractivity contribution >= 4 is 11.0 Å². The quantitative estimate of drug-likeness (QED) is 0.905. The van der Waals surface area contributed by atoms with Crippen molar-refractivity contribution in [3.63, 3.8) is 0 Å². The monoisotopic (exact) mass is 262 g/mol. The van der Waals surface area contributed by atoms with Crippen molar-refractivity contribution < 1.29 is 9.47 Å². The third-order valence-electron chi connectivity index (χ3n) is 3.63. The minimum Gasteiger partial charge on any atom is -0.493 e. The number of benzene rings is 1. The average molecular weight is 262 g/mol. The molecule has 1 saturated heterocycles. The van der Waals surface area contributed by atoms with Gasteiger partial charge in [0.2, 0.25) is 0 Å². The Morgan fingerprint density at radius 2 is 1.84 bits per heavy atom. The predicted molar refractivity (Wildman–Crippen MR) is 71.8 cm³/mol. The number of aromatic nitrogens is 3. The molecule has 102 valence electrons. The lowest BCUT2D eigenvalue weighted by Crippen LogP contribution is -2.29. The van der Waals surface area contributed by atoms with Crippen LogP contribution in [0.15, 0.2) is 12.1 Å². The van der Waals surface area contributed by atoms with E-state index in [2.05, 4.69) is 15.6 Å². The highest BCUT2D eigenvalue weighted by atomic mass is 16.5. The number of hydrogen-bond donors (Lipinski definition) is 1. The smallest absolute Gasteiger partial charge is 0.163 e. The van der Waals surface area contributed by atoms with Crippen LogP contribution in [0.1, 0.15) is 18.9 Å². The largest absolute Gasteiger partial charge is 0.493 e. The minimum absolute atomic E-state index is 0.407. The van der Waals surface area contributed by atoms with Gasteiger partial charge < -0.3 is 14.8 Å². The van der Waals surface area contributed by atoms with Crippen LogP contribution in [0.2, 0.25) is 0 Å². The lowest BCUT2D eigenvalue weighted by molar-refractivity contribution is 0.343. The van der Waals surface area contributed by atoms with E-state index < -0.39 is 0 Å². The van der Waals surface area contributed by atoms with Crippen molar-refractivity contribution in [3.05, 3.63) is 12.1 Å². The summed E-state index contributed by atoms with van der Waals surface area (Å²) in [6.07, 6.45) is 2.15. The maximum Gasteiger partial charge on any atom is 0.163 e. The van der Waals surface area contributed by atoms with Crippen LogP contribution in [0.5, 0.6) is 11.5 Å². The molecule has 0 amide bonds. The van der Waals surface area contributed by atoms with Crippen molar-refractivity contribution in [2.75, 3.05) is 27.3 Å². The summed E-state index contributed by atoms with van der Waals surface area (Å²) in [6.45, 7) is 2.05. The zero-order chi connectivity index (χ0) is 13.2. The number of piperidine rings is 1. The van der Waals surface area contributed by atoms with E-state index in [1.165, 1.54) is 0 Å². The standard InChI is InChI=1S/C13H18N4O2/c1-18-12-7-10-11(8-13(12)19-2)17(16-15-10)9-3-5-14-6-4-9/h7-9,14H,3-6H2,1-2H3. The van der Waals surface area contributed by atoms with E-state index in [1.54, 1.807) is 14.2 Å². The molecule has 0 aliphatic carbocycles. The van der Waals surface area contributed by atoms with E-state index in [1.807, 2.05) is 16.8 Å². The summed E-state index contributed by atoms with van der Waals surface area (Å²) in [5.41, 5.74) is 1.85. The molecule has 0 saturated carbocycles. The third kappa shape index (κ3) is 2.12. The van der Waals surface area contributed by atoms with Gasteiger partial charge in [0.25, 0.3) is 0 Å². The van der Waals surface area contributed by atoms with Crippen LogP contribution < -0.4 is 14.8 Å².